The zero-order valence-electron chi connectivity index (χ0n) is 13.9. The van der Waals surface area contributed by atoms with E-state index in [2.05, 4.69) is 25.9 Å². The summed E-state index contributed by atoms with van der Waals surface area (Å²) in [6.07, 6.45) is -4.45. The van der Waals surface area contributed by atoms with Gasteiger partial charge in [0.15, 0.2) is 11.7 Å². The second-order valence-corrected chi connectivity index (χ2v) is 6.11. The molecule has 10 heteroatoms. The minimum Gasteiger partial charge on any atom is -0.350 e. The maximum atomic E-state index is 12.5. The summed E-state index contributed by atoms with van der Waals surface area (Å²) in [5.41, 5.74) is 0.0649. The highest BCUT2D eigenvalue weighted by Gasteiger charge is 2.33. The fourth-order valence-electron chi connectivity index (χ4n) is 1.93. The lowest BCUT2D eigenvalue weighted by molar-refractivity contribution is -0.140. The van der Waals surface area contributed by atoms with Crippen LogP contribution in [0.4, 0.5) is 13.2 Å². The van der Waals surface area contributed by atoms with Crippen LogP contribution in [-0.4, -0.2) is 30.4 Å². The first-order valence-electron chi connectivity index (χ1n) is 7.65. The van der Waals surface area contributed by atoms with Crippen molar-refractivity contribution in [2.24, 2.45) is 4.99 Å². The molecule has 0 aliphatic carbocycles. The topological polar surface area (TPSA) is 78.4 Å². The average Bonchev–Trinajstić information content (AvgIpc) is 3.10. The summed E-state index contributed by atoms with van der Waals surface area (Å²) in [4.78, 5) is 19.3. The van der Waals surface area contributed by atoms with Crippen LogP contribution < -0.4 is 16.0 Å². The number of aliphatic imine (C=N–C) groups is 1. The van der Waals surface area contributed by atoms with Gasteiger partial charge in [-0.25, -0.2) is 4.98 Å². The lowest BCUT2D eigenvalue weighted by Gasteiger charge is -2.11. The summed E-state index contributed by atoms with van der Waals surface area (Å²) in [5, 5.41) is 9.60. The van der Waals surface area contributed by atoms with E-state index in [0.29, 0.717) is 12.5 Å². The molecule has 140 valence electrons. The molecule has 6 nitrogen and oxygen atoms in total. The number of hydrogen-bond acceptors (Lipinski definition) is 4. The zero-order chi connectivity index (χ0) is 19.0. The van der Waals surface area contributed by atoms with E-state index in [1.54, 1.807) is 0 Å². The number of amides is 1. The number of thiazole rings is 1. The van der Waals surface area contributed by atoms with Gasteiger partial charge in [0, 0.05) is 19.0 Å². The molecule has 2 rings (SSSR count). The highest BCUT2D eigenvalue weighted by molar-refractivity contribution is 7.09. The molecule has 0 bridgehead atoms. The molecule has 0 aliphatic rings. The Morgan fingerprint density at radius 3 is 2.50 bits per heavy atom. The molecule has 1 aromatic heterocycles. The van der Waals surface area contributed by atoms with Gasteiger partial charge in [-0.3, -0.25) is 9.79 Å². The second kappa shape index (κ2) is 9.18. The molecule has 0 radical (unpaired) electrons. The quantitative estimate of drug-likeness (QED) is 0.526. The summed E-state index contributed by atoms with van der Waals surface area (Å²) < 4.78 is 37.5. The third-order valence-electron chi connectivity index (χ3n) is 3.22. The third-order valence-corrected chi connectivity index (χ3v) is 4.07. The van der Waals surface area contributed by atoms with Gasteiger partial charge in [-0.1, -0.05) is 30.3 Å². The molecule has 0 spiro atoms. The van der Waals surface area contributed by atoms with Crippen molar-refractivity contribution in [3.63, 3.8) is 0 Å². The van der Waals surface area contributed by atoms with E-state index in [4.69, 9.17) is 0 Å². The van der Waals surface area contributed by atoms with Crippen molar-refractivity contribution < 1.29 is 18.0 Å². The standard InChI is InChI=1S/C16H18F3N5OS/c1-20-15(23-9-14-24-12(10-26-14)16(17,18)19)22-8-13(25)21-7-11-5-3-2-4-6-11/h2-6,10H,7-9H2,1H3,(H,21,25)(H2,20,22,23). The number of benzene rings is 1. The summed E-state index contributed by atoms with van der Waals surface area (Å²) in [5.74, 6) is 0.0639. The highest BCUT2D eigenvalue weighted by atomic mass is 32.1. The van der Waals surface area contributed by atoms with Crippen LogP contribution in [0.1, 0.15) is 16.3 Å². The molecule has 0 aliphatic heterocycles. The zero-order valence-corrected chi connectivity index (χ0v) is 14.7. The molecule has 3 N–H and O–H groups in total. The van der Waals surface area contributed by atoms with E-state index in [1.807, 2.05) is 30.3 Å². The van der Waals surface area contributed by atoms with Crippen molar-refractivity contribution in [3.8, 4) is 0 Å². The van der Waals surface area contributed by atoms with Crippen molar-refractivity contribution in [2.45, 2.75) is 19.3 Å². The van der Waals surface area contributed by atoms with E-state index in [9.17, 15) is 18.0 Å². The molecule has 0 unspecified atom stereocenters. The van der Waals surface area contributed by atoms with Gasteiger partial charge >= 0.3 is 6.18 Å². The first-order chi connectivity index (χ1) is 12.4. The molecule has 0 saturated carbocycles. The minimum atomic E-state index is -4.45. The van der Waals surface area contributed by atoms with Gasteiger partial charge < -0.3 is 16.0 Å². The van der Waals surface area contributed by atoms with Crippen molar-refractivity contribution in [3.05, 3.63) is 52.0 Å². The number of nitrogens with zero attached hydrogens (tertiary/aromatic N) is 2. The van der Waals surface area contributed by atoms with Crippen LogP contribution in [0.25, 0.3) is 0 Å². The van der Waals surface area contributed by atoms with E-state index in [1.165, 1.54) is 7.05 Å². The van der Waals surface area contributed by atoms with E-state index >= 15 is 0 Å². The Hall–Kier alpha value is -2.62. The van der Waals surface area contributed by atoms with Crippen LogP contribution in [0.2, 0.25) is 0 Å². The Labute approximate surface area is 152 Å². The smallest absolute Gasteiger partial charge is 0.350 e. The summed E-state index contributed by atoms with van der Waals surface area (Å²) in [6, 6.07) is 9.46. The molecule has 0 atom stereocenters. The van der Waals surface area contributed by atoms with Crippen molar-refractivity contribution in [1.29, 1.82) is 0 Å². The molecule has 26 heavy (non-hydrogen) atoms. The fourth-order valence-corrected chi connectivity index (χ4v) is 2.67. The van der Waals surface area contributed by atoms with Gasteiger partial charge in [0.2, 0.25) is 5.91 Å². The number of carbonyl (C=O) groups is 1. The van der Waals surface area contributed by atoms with Gasteiger partial charge in [0.25, 0.3) is 0 Å². The normalized spacial score (nSPS) is 11.9. The van der Waals surface area contributed by atoms with Crippen molar-refractivity contribution in [2.75, 3.05) is 13.6 Å². The van der Waals surface area contributed by atoms with Crippen molar-refractivity contribution in [1.82, 2.24) is 20.9 Å². The Balaban J connectivity index is 1.73. The van der Waals surface area contributed by atoms with E-state index in [0.717, 1.165) is 22.3 Å². The number of aromatic nitrogens is 1. The lowest BCUT2D eigenvalue weighted by atomic mass is 10.2. The van der Waals surface area contributed by atoms with Gasteiger partial charge in [-0.2, -0.15) is 13.2 Å². The first-order valence-corrected chi connectivity index (χ1v) is 8.53. The Morgan fingerprint density at radius 1 is 1.15 bits per heavy atom. The summed E-state index contributed by atoms with van der Waals surface area (Å²) in [6.45, 7) is 0.469. The van der Waals surface area contributed by atoms with E-state index in [-0.39, 0.29) is 24.0 Å². The monoisotopic (exact) mass is 385 g/mol. The number of hydrogen-bond donors (Lipinski definition) is 3. The SMILES string of the molecule is CN=C(NCC(=O)NCc1ccccc1)NCc1nc(C(F)(F)F)cs1. The maximum absolute atomic E-state index is 12.5. The Kier molecular flexibility index (Phi) is 6.96. The first kappa shape index (κ1) is 19.7. The van der Waals surface area contributed by atoms with Crippen molar-refractivity contribution >= 4 is 23.2 Å². The molecule has 1 heterocycles. The van der Waals surface area contributed by atoms with Crippen LogP contribution in [0.3, 0.4) is 0 Å². The molecule has 1 amide bonds. The number of carbonyl (C=O) groups excluding carboxylic acids is 1. The lowest BCUT2D eigenvalue weighted by Crippen LogP contribution is -2.42. The molecule has 1 aromatic carbocycles. The fraction of sp³-hybridized carbons (Fsp3) is 0.312. The minimum absolute atomic E-state index is 0.0157. The van der Waals surface area contributed by atoms with Gasteiger partial charge in [0.05, 0.1) is 13.1 Å². The molecular weight excluding hydrogens is 367 g/mol. The Morgan fingerprint density at radius 2 is 1.88 bits per heavy atom. The van der Waals surface area contributed by atoms with Gasteiger partial charge in [-0.05, 0) is 5.56 Å². The van der Waals surface area contributed by atoms with Crippen LogP contribution in [0.15, 0.2) is 40.7 Å². The average molecular weight is 385 g/mol. The Bertz CT molecular complexity index is 746. The van der Waals surface area contributed by atoms with Gasteiger partial charge in [-0.15, -0.1) is 11.3 Å². The number of rotatable bonds is 6. The van der Waals surface area contributed by atoms with Gasteiger partial charge in [0.1, 0.15) is 5.01 Å². The van der Waals surface area contributed by atoms with E-state index < -0.39 is 11.9 Å². The third kappa shape index (κ3) is 6.36. The molecular formula is C16H18F3N5OS. The predicted molar refractivity (Wildman–Crippen MR) is 93.6 cm³/mol. The van der Waals surface area contributed by atoms with Crippen LogP contribution >= 0.6 is 11.3 Å². The number of alkyl halides is 3. The summed E-state index contributed by atoms with van der Waals surface area (Å²) >= 11 is 0.903. The molecule has 0 fully saturated rings. The second-order valence-electron chi connectivity index (χ2n) is 5.17. The highest BCUT2D eigenvalue weighted by Crippen LogP contribution is 2.29. The maximum Gasteiger partial charge on any atom is 0.434 e. The predicted octanol–water partition coefficient (Wildman–Crippen LogP) is 2.14. The number of halogens is 3. The molecule has 0 saturated heterocycles. The summed E-state index contributed by atoms with van der Waals surface area (Å²) in [7, 11) is 1.50. The van der Waals surface area contributed by atoms with Crippen LogP contribution in [0, 0.1) is 0 Å². The largest absolute Gasteiger partial charge is 0.434 e. The van der Waals surface area contributed by atoms with Crippen LogP contribution in [-0.2, 0) is 24.1 Å². The molecule has 2 aromatic rings. The number of guanidine groups is 1. The van der Waals surface area contributed by atoms with Crippen LogP contribution in [0.5, 0.6) is 0 Å². The number of nitrogens with one attached hydrogen (secondary N) is 3.